The second-order valence-electron chi connectivity index (χ2n) is 9.42. The summed E-state index contributed by atoms with van der Waals surface area (Å²) in [5.41, 5.74) is 11.3. The first kappa shape index (κ1) is 25.3. The van der Waals surface area contributed by atoms with E-state index in [1.165, 1.54) is 11.1 Å². The van der Waals surface area contributed by atoms with Gasteiger partial charge in [0, 0.05) is 17.1 Å². The molecule has 2 nitrogen and oxygen atoms in total. The molecule has 4 aromatic rings. The highest BCUT2D eigenvalue weighted by Crippen LogP contribution is 2.37. The van der Waals surface area contributed by atoms with Crippen LogP contribution in [0.2, 0.25) is 0 Å². The highest BCUT2D eigenvalue weighted by atomic mass is 16.3. The van der Waals surface area contributed by atoms with Gasteiger partial charge in [0.1, 0.15) is 0 Å². The molecule has 2 heteroatoms. The molecule has 5 rings (SSSR count). The Morgan fingerprint density at radius 1 is 0.737 bits per heavy atom. The van der Waals surface area contributed by atoms with Crippen LogP contribution in [0.4, 0.5) is 17.1 Å². The zero-order valence-corrected chi connectivity index (χ0v) is 21.8. The van der Waals surface area contributed by atoms with E-state index in [1.54, 1.807) is 0 Å². The van der Waals surface area contributed by atoms with Crippen molar-refractivity contribution in [2.24, 2.45) is 0 Å². The van der Waals surface area contributed by atoms with Crippen molar-refractivity contribution < 1.29 is 5.11 Å². The van der Waals surface area contributed by atoms with Crippen molar-refractivity contribution >= 4 is 28.2 Å². The lowest BCUT2D eigenvalue weighted by Crippen LogP contribution is -2.10. The van der Waals surface area contributed by atoms with Gasteiger partial charge < -0.3 is 10.0 Å². The molecule has 1 aliphatic carbocycles. The molecule has 0 amide bonds. The van der Waals surface area contributed by atoms with Crippen LogP contribution in [0, 0.1) is 0 Å². The Labute approximate surface area is 226 Å². The molecule has 0 bridgehead atoms. The zero-order valence-electron chi connectivity index (χ0n) is 21.8. The predicted molar refractivity (Wildman–Crippen MR) is 163 cm³/mol. The van der Waals surface area contributed by atoms with Gasteiger partial charge in [-0.25, -0.2) is 0 Å². The summed E-state index contributed by atoms with van der Waals surface area (Å²) in [7, 11) is 0. The third-order valence-corrected chi connectivity index (χ3v) is 7.04. The molecule has 0 aliphatic heterocycles. The molecule has 38 heavy (non-hydrogen) atoms. The van der Waals surface area contributed by atoms with Crippen molar-refractivity contribution in [3.05, 3.63) is 151 Å². The predicted octanol–water partition coefficient (Wildman–Crippen LogP) is 9.64. The quantitative estimate of drug-likeness (QED) is 0.246. The first-order valence-corrected chi connectivity index (χ1v) is 13.2. The molecule has 188 valence electrons. The Morgan fingerprint density at radius 3 is 1.74 bits per heavy atom. The number of hydrogen-bond acceptors (Lipinski definition) is 2. The highest BCUT2D eigenvalue weighted by molar-refractivity contribution is 5.82. The lowest BCUT2D eigenvalue weighted by Gasteiger charge is -2.26. The van der Waals surface area contributed by atoms with Crippen LogP contribution >= 0.6 is 0 Å². The third-order valence-electron chi connectivity index (χ3n) is 7.04. The van der Waals surface area contributed by atoms with Gasteiger partial charge in [-0.15, -0.1) is 0 Å². The maximum absolute atomic E-state index is 9.36. The van der Waals surface area contributed by atoms with Gasteiger partial charge in [0.15, 0.2) is 0 Å². The summed E-state index contributed by atoms with van der Waals surface area (Å²) in [6.45, 7) is 6.04. The number of aliphatic hydroxyl groups excluding tert-OH is 1. The number of benzene rings is 4. The molecule has 0 fully saturated rings. The SMILES string of the molecule is C=C/C(=C\C)c1ccc(N(c2ccc(C3=CCCC=C3)cc2)c2ccc(-c3ccc(CO)cc3)cc2)cc1. The van der Waals surface area contributed by atoms with Gasteiger partial charge in [0.2, 0.25) is 0 Å². The normalized spacial score (nSPS) is 13.2. The molecular weight excluding hydrogens is 462 g/mol. The van der Waals surface area contributed by atoms with E-state index in [2.05, 4.69) is 121 Å². The lowest BCUT2D eigenvalue weighted by atomic mass is 9.99. The van der Waals surface area contributed by atoms with Gasteiger partial charge in [0.05, 0.1) is 6.61 Å². The second-order valence-corrected chi connectivity index (χ2v) is 9.42. The van der Waals surface area contributed by atoms with E-state index in [-0.39, 0.29) is 6.61 Å². The summed E-state index contributed by atoms with van der Waals surface area (Å²) < 4.78 is 0. The molecule has 4 aromatic carbocycles. The molecule has 0 atom stereocenters. The van der Waals surface area contributed by atoms with E-state index in [4.69, 9.17) is 0 Å². The molecule has 1 aliphatic rings. The summed E-state index contributed by atoms with van der Waals surface area (Å²) >= 11 is 0. The van der Waals surface area contributed by atoms with Gasteiger partial charge in [-0.3, -0.25) is 0 Å². The van der Waals surface area contributed by atoms with E-state index < -0.39 is 0 Å². The molecule has 0 aromatic heterocycles. The van der Waals surface area contributed by atoms with Crippen molar-refractivity contribution in [2.45, 2.75) is 26.4 Å². The van der Waals surface area contributed by atoms with Crippen LogP contribution < -0.4 is 4.90 Å². The van der Waals surface area contributed by atoms with Crippen molar-refractivity contribution in [3.63, 3.8) is 0 Å². The van der Waals surface area contributed by atoms with Gasteiger partial charge in [-0.1, -0.05) is 97.6 Å². The summed E-state index contributed by atoms with van der Waals surface area (Å²) in [4.78, 5) is 2.29. The summed E-state index contributed by atoms with van der Waals surface area (Å²) in [6, 6.07) is 34.2. The van der Waals surface area contributed by atoms with Crippen LogP contribution in [0.3, 0.4) is 0 Å². The van der Waals surface area contributed by atoms with Crippen molar-refractivity contribution in [3.8, 4) is 11.1 Å². The number of nitrogens with zero attached hydrogens (tertiary/aromatic N) is 1. The van der Waals surface area contributed by atoms with Crippen LogP contribution in [0.1, 0.15) is 36.5 Å². The van der Waals surface area contributed by atoms with Gasteiger partial charge >= 0.3 is 0 Å². The number of rotatable bonds is 8. The Kier molecular flexibility index (Phi) is 7.82. The third kappa shape index (κ3) is 5.46. The number of hydrogen-bond donors (Lipinski definition) is 1. The maximum atomic E-state index is 9.36. The standard InChI is InChI=1S/C36H33NO/c1-3-28(4-2)30-14-20-34(21-15-30)37(35-22-16-32(17-23-35)29-8-6-5-7-9-29)36-24-18-33(19-25-36)31-12-10-27(26-38)11-13-31/h3-4,6,8-25,38H,1,5,7,26H2,2H3/b28-4+. The van der Waals surface area contributed by atoms with Crippen LogP contribution in [0.25, 0.3) is 22.3 Å². The molecule has 0 saturated heterocycles. The Morgan fingerprint density at radius 2 is 1.26 bits per heavy atom. The van der Waals surface area contributed by atoms with Crippen molar-refractivity contribution in [2.75, 3.05) is 4.90 Å². The average molecular weight is 496 g/mol. The monoisotopic (exact) mass is 495 g/mol. The first-order chi connectivity index (χ1) is 18.7. The molecule has 0 saturated carbocycles. The minimum absolute atomic E-state index is 0.0572. The first-order valence-electron chi connectivity index (χ1n) is 13.2. The zero-order chi connectivity index (χ0) is 26.3. The fraction of sp³-hybridized carbons (Fsp3) is 0.111. The Bertz CT molecular complexity index is 1470. The van der Waals surface area contributed by atoms with E-state index in [0.29, 0.717) is 0 Å². The summed E-state index contributed by atoms with van der Waals surface area (Å²) in [6.07, 6.45) is 13.0. The average Bonchev–Trinajstić information content (AvgIpc) is 3.00. The molecule has 0 unspecified atom stereocenters. The van der Waals surface area contributed by atoms with Crippen molar-refractivity contribution in [1.29, 1.82) is 0 Å². The van der Waals surface area contributed by atoms with Crippen LogP contribution in [-0.2, 0) is 6.61 Å². The lowest BCUT2D eigenvalue weighted by molar-refractivity contribution is 0.282. The fourth-order valence-corrected chi connectivity index (χ4v) is 4.89. The van der Waals surface area contributed by atoms with E-state index >= 15 is 0 Å². The molecule has 0 spiro atoms. The van der Waals surface area contributed by atoms with Crippen LogP contribution in [0.15, 0.2) is 134 Å². The van der Waals surface area contributed by atoms with Gasteiger partial charge in [0.25, 0.3) is 0 Å². The van der Waals surface area contributed by atoms with E-state index in [9.17, 15) is 5.11 Å². The van der Waals surface area contributed by atoms with E-state index in [1.807, 2.05) is 25.1 Å². The topological polar surface area (TPSA) is 23.5 Å². The second kappa shape index (κ2) is 11.8. The van der Waals surface area contributed by atoms with Gasteiger partial charge in [-0.2, -0.15) is 0 Å². The summed E-state index contributed by atoms with van der Waals surface area (Å²) in [5, 5.41) is 9.36. The number of aliphatic hydroxyl groups is 1. The molecule has 0 heterocycles. The number of anilines is 3. The minimum atomic E-state index is 0.0572. The smallest absolute Gasteiger partial charge is 0.0681 e. The van der Waals surface area contributed by atoms with Crippen LogP contribution in [-0.4, -0.2) is 5.11 Å². The molecule has 1 N–H and O–H groups in total. The van der Waals surface area contributed by atoms with Crippen LogP contribution in [0.5, 0.6) is 0 Å². The summed E-state index contributed by atoms with van der Waals surface area (Å²) in [5.74, 6) is 0. The molecule has 0 radical (unpaired) electrons. The highest BCUT2D eigenvalue weighted by Gasteiger charge is 2.14. The maximum Gasteiger partial charge on any atom is 0.0681 e. The molecular formula is C36H33NO. The van der Waals surface area contributed by atoms with Crippen molar-refractivity contribution in [1.82, 2.24) is 0 Å². The largest absolute Gasteiger partial charge is 0.392 e. The van der Waals surface area contributed by atoms with Gasteiger partial charge in [-0.05, 0) is 95.1 Å². The Hall–Kier alpha value is -4.40. The Balaban J connectivity index is 1.51. The number of allylic oxidation sites excluding steroid dienone is 7. The fourth-order valence-electron chi connectivity index (χ4n) is 4.89. The van der Waals surface area contributed by atoms with E-state index in [0.717, 1.165) is 57.7 Å². The minimum Gasteiger partial charge on any atom is -0.392 e.